The molecule has 2 aliphatic rings. The number of nitrogens with zero attached hydrogens (tertiary/aromatic N) is 5. The van der Waals surface area contributed by atoms with E-state index in [1.807, 2.05) is 0 Å². The number of rotatable bonds is 1. The van der Waals surface area contributed by atoms with E-state index in [1.54, 1.807) is 6.07 Å². The van der Waals surface area contributed by atoms with Crippen molar-refractivity contribution in [2.24, 2.45) is 5.16 Å². The fraction of sp³-hybridized carbons (Fsp3) is 0.667. The maximum atomic E-state index is 8.68. The molecule has 7 nitrogen and oxygen atoms in total. The molecule has 0 bridgehead atoms. The van der Waals surface area contributed by atoms with Crippen LogP contribution in [0.15, 0.2) is 5.16 Å². The van der Waals surface area contributed by atoms with Crippen molar-refractivity contribution in [1.29, 1.82) is 5.26 Å². The summed E-state index contributed by atoms with van der Waals surface area (Å²) in [4.78, 5) is 10.4. The average molecular weight is 262 g/mol. The summed E-state index contributed by atoms with van der Waals surface area (Å²) >= 11 is 0. The van der Waals surface area contributed by atoms with Crippen LogP contribution in [0.5, 0.6) is 0 Å². The Morgan fingerprint density at radius 3 is 2.63 bits per heavy atom. The average Bonchev–Trinajstić information content (AvgIpc) is 2.99. The zero-order valence-corrected chi connectivity index (χ0v) is 10.7. The minimum absolute atomic E-state index is 0.287. The Kier molecular flexibility index (Phi) is 4.71. The van der Waals surface area contributed by atoms with Gasteiger partial charge in [0.15, 0.2) is 0 Å². The molecule has 0 N–H and O–H groups in total. The number of hydrogen-bond acceptors (Lipinski definition) is 4. The number of nitriles is 1. The SMILES string of the molecule is [C-]#[N+]/C(C#N)=N/OC(N1CCOCC1)=[N+]1CCCC1. The zero-order valence-electron chi connectivity index (χ0n) is 10.7. The summed E-state index contributed by atoms with van der Waals surface area (Å²) < 4.78 is 7.42. The second kappa shape index (κ2) is 6.72. The lowest BCUT2D eigenvalue weighted by molar-refractivity contribution is -0.521. The van der Waals surface area contributed by atoms with Gasteiger partial charge in [-0.2, -0.15) is 4.84 Å². The second-order valence-corrected chi connectivity index (χ2v) is 4.31. The monoisotopic (exact) mass is 262 g/mol. The molecule has 2 saturated heterocycles. The quantitative estimate of drug-likeness (QED) is 0.223. The van der Waals surface area contributed by atoms with Crippen LogP contribution in [0, 0.1) is 17.9 Å². The number of morpholine rings is 1. The summed E-state index contributed by atoms with van der Waals surface area (Å²) in [6.07, 6.45) is 2.24. The molecule has 0 radical (unpaired) electrons. The summed E-state index contributed by atoms with van der Waals surface area (Å²) in [5.41, 5.74) is 0. The molecular weight excluding hydrogens is 246 g/mol. The van der Waals surface area contributed by atoms with Gasteiger partial charge in [0.2, 0.25) is 0 Å². The molecule has 0 aromatic heterocycles. The van der Waals surface area contributed by atoms with Gasteiger partial charge in [-0.05, 0) is 12.8 Å². The first-order valence-corrected chi connectivity index (χ1v) is 6.32. The van der Waals surface area contributed by atoms with Crippen molar-refractivity contribution in [3.63, 3.8) is 0 Å². The number of hydrogen-bond donors (Lipinski definition) is 0. The summed E-state index contributed by atoms with van der Waals surface area (Å²) in [7, 11) is 0. The van der Waals surface area contributed by atoms with E-state index >= 15 is 0 Å². The highest BCUT2D eigenvalue weighted by Crippen LogP contribution is 2.07. The Hall–Kier alpha value is -2.12. The Morgan fingerprint density at radius 1 is 1.37 bits per heavy atom. The van der Waals surface area contributed by atoms with E-state index in [0.717, 1.165) is 39.0 Å². The zero-order chi connectivity index (χ0) is 13.5. The third-order valence-corrected chi connectivity index (χ3v) is 3.08. The maximum Gasteiger partial charge on any atom is 0.492 e. The lowest BCUT2D eigenvalue weighted by Crippen LogP contribution is -2.45. The van der Waals surface area contributed by atoms with E-state index in [0.29, 0.717) is 19.2 Å². The summed E-state index contributed by atoms with van der Waals surface area (Å²) in [6, 6.07) is 2.33. The summed E-state index contributed by atoms with van der Waals surface area (Å²) in [6.45, 7) is 11.4. The minimum atomic E-state index is -0.287. The van der Waals surface area contributed by atoms with Gasteiger partial charge in [0.25, 0.3) is 0 Å². The first-order valence-electron chi connectivity index (χ1n) is 6.32. The van der Waals surface area contributed by atoms with Gasteiger partial charge in [0.05, 0.1) is 31.5 Å². The lowest BCUT2D eigenvalue weighted by Gasteiger charge is -2.21. The molecule has 0 aromatic rings. The van der Waals surface area contributed by atoms with Gasteiger partial charge in [-0.1, -0.05) is 6.57 Å². The molecule has 100 valence electrons. The van der Waals surface area contributed by atoms with Gasteiger partial charge in [0, 0.05) is 0 Å². The molecule has 0 aromatic carbocycles. The van der Waals surface area contributed by atoms with Crippen LogP contribution in [0.25, 0.3) is 4.85 Å². The van der Waals surface area contributed by atoms with Crippen LogP contribution in [0.1, 0.15) is 12.8 Å². The standard InChI is InChI=1S/C12H16N5O2/c1-14-11(10-13)15-19-12(16-4-2-3-5-16)17-6-8-18-9-7-17/h2-9H2/q+1/b15-11+. The van der Waals surface area contributed by atoms with Crippen LogP contribution < -0.4 is 0 Å². The Labute approximate surface area is 112 Å². The summed E-state index contributed by atoms with van der Waals surface area (Å²) in [5.74, 6) is -0.287. The van der Waals surface area contributed by atoms with Crippen LogP contribution in [-0.2, 0) is 9.57 Å². The highest BCUT2D eigenvalue weighted by atomic mass is 16.7. The molecular formula is C12H16N5O2+. The largest absolute Gasteiger partial charge is 0.492 e. The van der Waals surface area contributed by atoms with Gasteiger partial charge in [-0.25, -0.2) is 14.7 Å². The Bertz CT molecular complexity index is 441. The second-order valence-electron chi connectivity index (χ2n) is 4.31. The van der Waals surface area contributed by atoms with Crippen molar-refractivity contribution in [3.05, 3.63) is 11.4 Å². The Balaban J connectivity index is 2.16. The van der Waals surface area contributed by atoms with Gasteiger partial charge >= 0.3 is 11.9 Å². The highest BCUT2D eigenvalue weighted by Gasteiger charge is 2.31. The van der Waals surface area contributed by atoms with Crippen molar-refractivity contribution < 1.29 is 14.1 Å². The number of amidine groups is 2. The molecule has 19 heavy (non-hydrogen) atoms. The van der Waals surface area contributed by atoms with Crippen molar-refractivity contribution in [3.8, 4) is 6.07 Å². The van der Waals surface area contributed by atoms with E-state index in [2.05, 4.69) is 19.5 Å². The van der Waals surface area contributed by atoms with E-state index < -0.39 is 0 Å². The first kappa shape index (κ1) is 13.3. The Morgan fingerprint density at radius 2 is 2.05 bits per heavy atom. The number of oxime groups is 1. The third-order valence-electron chi connectivity index (χ3n) is 3.08. The molecule has 2 rings (SSSR count). The lowest BCUT2D eigenvalue weighted by atomic mass is 10.4. The molecule has 2 fully saturated rings. The molecule has 0 atom stereocenters. The molecule has 0 spiro atoms. The predicted octanol–water partition coefficient (Wildman–Crippen LogP) is 0.254. The van der Waals surface area contributed by atoms with Crippen LogP contribution in [0.4, 0.5) is 0 Å². The third kappa shape index (κ3) is 3.43. The van der Waals surface area contributed by atoms with Crippen molar-refractivity contribution >= 4 is 11.9 Å². The molecule has 2 aliphatic heterocycles. The van der Waals surface area contributed by atoms with Crippen molar-refractivity contribution in [2.75, 3.05) is 39.4 Å². The fourth-order valence-electron chi connectivity index (χ4n) is 2.13. The smallest absolute Gasteiger partial charge is 0.373 e. The first-order chi connectivity index (χ1) is 9.35. The van der Waals surface area contributed by atoms with Gasteiger partial charge < -0.3 is 9.58 Å². The summed E-state index contributed by atoms with van der Waals surface area (Å²) in [5, 5.41) is 12.3. The van der Waals surface area contributed by atoms with E-state index in [4.69, 9.17) is 21.4 Å². The van der Waals surface area contributed by atoms with Crippen LogP contribution >= 0.6 is 0 Å². The molecule has 0 aliphatic carbocycles. The van der Waals surface area contributed by atoms with Crippen LogP contribution in [-0.4, -0.2) is 60.7 Å². The van der Waals surface area contributed by atoms with Gasteiger partial charge in [0.1, 0.15) is 19.2 Å². The predicted molar refractivity (Wildman–Crippen MR) is 67.4 cm³/mol. The van der Waals surface area contributed by atoms with Crippen molar-refractivity contribution in [2.45, 2.75) is 12.8 Å². The minimum Gasteiger partial charge on any atom is -0.373 e. The van der Waals surface area contributed by atoms with Gasteiger partial charge in [-0.3, -0.25) is 0 Å². The molecule has 0 saturated carbocycles. The van der Waals surface area contributed by atoms with E-state index in [-0.39, 0.29) is 5.84 Å². The van der Waals surface area contributed by atoms with Crippen molar-refractivity contribution in [1.82, 2.24) is 4.90 Å². The van der Waals surface area contributed by atoms with Gasteiger partial charge in [-0.15, -0.1) is 0 Å². The number of ether oxygens (including phenoxy) is 1. The molecule has 0 unspecified atom stereocenters. The van der Waals surface area contributed by atoms with Crippen LogP contribution in [0.2, 0.25) is 0 Å². The molecule has 2 heterocycles. The normalized spacial score (nSPS) is 19.8. The molecule has 7 heteroatoms. The van der Waals surface area contributed by atoms with Crippen LogP contribution in [0.3, 0.4) is 0 Å². The molecule has 0 amide bonds. The fourth-order valence-corrected chi connectivity index (χ4v) is 2.13. The topological polar surface area (TPSA) is 65.2 Å². The van der Waals surface area contributed by atoms with E-state index in [9.17, 15) is 0 Å². The maximum absolute atomic E-state index is 8.68. The highest BCUT2D eigenvalue weighted by molar-refractivity contribution is 6.03. The van der Waals surface area contributed by atoms with E-state index in [1.165, 1.54) is 0 Å².